The molecule has 0 amide bonds. The molecule has 1 aliphatic heterocycles. The van der Waals surface area contributed by atoms with E-state index in [1.54, 1.807) is 24.3 Å². The summed E-state index contributed by atoms with van der Waals surface area (Å²) in [7, 11) is 0. The number of ether oxygens (including phenoxy) is 2. The molecule has 3 N–H and O–H groups in total. The molecule has 1 aromatic rings. The van der Waals surface area contributed by atoms with Crippen molar-refractivity contribution in [2.24, 2.45) is 11.7 Å². The van der Waals surface area contributed by atoms with Gasteiger partial charge in [0, 0.05) is 13.2 Å². The highest BCUT2D eigenvalue weighted by Gasteiger charge is 2.19. The summed E-state index contributed by atoms with van der Waals surface area (Å²) in [5.74, 6) is 0.211. The van der Waals surface area contributed by atoms with Crippen molar-refractivity contribution in [3.63, 3.8) is 0 Å². The van der Waals surface area contributed by atoms with Crippen LogP contribution in [0, 0.1) is 5.92 Å². The molecule has 1 aromatic carbocycles. The Morgan fingerprint density at radius 2 is 2.00 bits per heavy atom. The average Bonchev–Trinajstić information content (AvgIpc) is 2.48. The van der Waals surface area contributed by atoms with E-state index in [1.807, 2.05) is 0 Å². The number of rotatable bonds is 5. The van der Waals surface area contributed by atoms with Crippen molar-refractivity contribution in [3.8, 4) is 5.75 Å². The fraction of sp³-hybridized carbons (Fsp3) is 0.533. The smallest absolute Gasteiger partial charge is 0.323 e. The second kappa shape index (κ2) is 7.26. The van der Waals surface area contributed by atoms with Gasteiger partial charge < -0.3 is 20.3 Å². The minimum Gasteiger partial charge on any atom is -0.508 e. The third kappa shape index (κ3) is 4.51. The molecular weight excluding hydrogens is 258 g/mol. The van der Waals surface area contributed by atoms with E-state index in [-0.39, 0.29) is 11.7 Å². The topological polar surface area (TPSA) is 81.8 Å². The van der Waals surface area contributed by atoms with E-state index in [1.165, 1.54) is 0 Å². The van der Waals surface area contributed by atoms with Gasteiger partial charge in [0.15, 0.2) is 0 Å². The van der Waals surface area contributed by atoms with Crippen LogP contribution in [-0.4, -0.2) is 36.9 Å². The highest BCUT2D eigenvalue weighted by atomic mass is 16.5. The van der Waals surface area contributed by atoms with Gasteiger partial charge in [0.25, 0.3) is 0 Å². The standard InChI is InChI=1S/C15H21NO4/c16-14(9-11-1-3-13(17)4-2-11)15(18)20-10-12-5-7-19-8-6-12/h1-4,12,14,17H,5-10,16H2. The van der Waals surface area contributed by atoms with Crippen molar-refractivity contribution in [2.45, 2.75) is 25.3 Å². The summed E-state index contributed by atoms with van der Waals surface area (Å²) in [4.78, 5) is 11.8. The van der Waals surface area contributed by atoms with Crippen LogP contribution < -0.4 is 5.73 Å². The van der Waals surface area contributed by atoms with Crippen LogP contribution in [0.1, 0.15) is 18.4 Å². The van der Waals surface area contributed by atoms with Gasteiger partial charge in [-0.1, -0.05) is 12.1 Å². The highest BCUT2D eigenvalue weighted by Crippen LogP contribution is 2.15. The highest BCUT2D eigenvalue weighted by molar-refractivity contribution is 5.75. The number of phenolic OH excluding ortho intramolecular Hbond substituents is 1. The summed E-state index contributed by atoms with van der Waals surface area (Å²) >= 11 is 0. The Hall–Kier alpha value is -1.59. The summed E-state index contributed by atoms with van der Waals surface area (Å²) in [6.07, 6.45) is 2.27. The van der Waals surface area contributed by atoms with E-state index >= 15 is 0 Å². The third-order valence-electron chi connectivity index (χ3n) is 3.50. The lowest BCUT2D eigenvalue weighted by atomic mass is 10.0. The molecule has 0 spiro atoms. The maximum atomic E-state index is 11.8. The van der Waals surface area contributed by atoms with E-state index in [4.69, 9.17) is 15.2 Å². The molecule has 5 heteroatoms. The molecule has 1 fully saturated rings. The second-order valence-corrected chi connectivity index (χ2v) is 5.16. The van der Waals surface area contributed by atoms with Crippen LogP contribution in [0.4, 0.5) is 0 Å². The molecular formula is C15H21NO4. The molecule has 0 saturated carbocycles. The fourth-order valence-corrected chi connectivity index (χ4v) is 2.19. The van der Waals surface area contributed by atoms with Crippen LogP contribution in [0.2, 0.25) is 0 Å². The van der Waals surface area contributed by atoms with Crippen LogP contribution >= 0.6 is 0 Å². The van der Waals surface area contributed by atoms with E-state index in [2.05, 4.69) is 0 Å². The maximum Gasteiger partial charge on any atom is 0.323 e. The molecule has 1 heterocycles. The minimum absolute atomic E-state index is 0.199. The number of nitrogens with two attached hydrogens (primary N) is 1. The van der Waals surface area contributed by atoms with Gasteiger partial charge in [-0.15, -0.1) is 0 Å². The molecule has 0 aliphatic carbocycles. The summed E-state index contributed by atoms with van der Waals surface area (Å²) in [6, 6.07) is 5.99. The molecule has 1 aliphatic rings. The first-order valence-corrected chi connectivity index (χ1v) is 6.93. The average molecular weight is 279 g/mol. The number of esters is 1. The van der Waals surface area contributed by atoms with Crippen molar-refractivity contribution >= 4 is 5.97 Å². The quantitative estimate of drug-likeness (QED) is 0.792. The Bertz CT molecular complexity index is 426. The predicted molar refractivity (Wildman–Crippen MR) is 74.3 cm³/mol. The molecule has 0 aromatic heterocycles. The lowest BCUT2D eigenvalue weighted by Gasteiger charge is -2.22. The van der Waals surface area contributed by atoms with E-state index in [0.29, 0.717) is 18.9 Å². The van der Waals surface area contributed by atoms with Gasteiger partial charge in [-0.25, -0.2) is 0 Å². The van der Waals surface area contributed by atoms with Crippen molar-refractivity contribution in [1.82, 2.24) is 0 Å². The summed E-state index contributed by atoms with van der Waals surface area (Å²) in [6.45, 7) is 1.90. The van der Waals surface area contributed by atoms with E-state index in [9.17, 15) is 9.90 Å². The van der Waals surface area contributed by atoms with E-state index in [0.717, 1.165) is 31.6 Å². The van der Waals surface area contributed by atoms with Gasteiger partial charge in [0.2, 0.25) is 0 Å². The van der Waals surface area contributed by atoms with Gasteiger partial charge in [-0.05, 0) is 42.9 Å². The van der Waals surface area contributed by atoms with Gasteiger partial charge in [-0.2, -0.15) is 0 Å². The zero-order chi connectivity index (χ0) is 14.4. The van der Waals surface area contributed by atoms with Gasteiger partial charge in [-0.3, -0.25) is 4.79 Å². The minimum atomic E-state index is -0.667. The zero-order valence-corrected chi connectivity index (χ0v) is 11.5. The van der Waals surface area contributed by atoms with Crippen LogP contribution in [0.25, 0.3) is 0 Å². The Balaban J connectivity index is 1.75. The zero-order valence-electron chi connectivity index (χ0n) is 11.5. The number of hydrogen-bond acceptors (Lipinski definition) is 5. The molecule has 1 atom stereocenters. The molecule has 1 unspecified atom stereocenters. The molecule has 110 valence electrons. The van der Waals surface area contributed by atoms with Crippen LogP contribution in [-0.2, 0) is 20.7 Å². The van der Waals surface area contributed by atoms with Gasteiger partial charge >= 0.3 is 5.97 Å². The predicted octanol–water partition coefficient (Wildman–Crippen LogP) is 1.23. The number of aromatic hydroxyl groups is 1. The molecule has 1 saturated heterocycles. The van der Waals surface area contributed by atoms with E-state index < -0.39 is 6.04 Å². The van der Waals surface area contributed by atoms with Crippen LogP contribution in [0.3, 0.4) is 0 Å². The second-order valence-electron chi connectivity index (χ2n) is 5.16. The first-order valence-electron chi connectivity index (χ1n) is 6.93. The molecule has 0 bridgehead atoms. The molecule has 2 rings (SSSR count). The summed E-state index contributed by atoms with van der Waals surface area (Å²) < 4.78 is 10.5. The van der Waals surface area contributed by atoms with Crippen molar-refractivity contribution < 1.29 is 19.4 Å². The maximum absolute atomic E-state index is 11.8. The van der Waals surface area contributed by atoms with Crippen LogP contribution in [0.5, 0.6) is 5.75 Å². The van der Waals surface area contributed by atoms with Crippen molar-refractivity contribution in [2.75, 3.05) is 19.8 Å². The monoisotopic (exact) mass is 279 g/mol. The number of phenols is 1. The Labute approximate surface area is 118 Å². The molecule has 20 heavy (non-hydrogen) atoms. The lowest BCUT2D eigenvalue weighted by Crippen LogP contribution is -2.35. The van der Waals surface area contributed by atoms with Crippen molar-refractivity contribution in [3.05, 3.63) is 29.8 Å². The number of carbonyl (C=O) groups excluding carboxylic acids is 1. The Kier molecular flexibility index (Phi) is 5.38. The SMILES string of the molecule is NC(Cc1ccc(O)cc1)C(=O)OCC1CCOCC1. The third-order valence-corrected chi connectivity index (χ3v) is 3.50. The molecule has 5 nitrogen and oxygen atoms in total. The first kappa shape index (κ1) is 14.8. The fourth-order valence-electron chi connectivity index (χ4n) is 2.19. The molecule has 0 radical (unpaired) electrons. The lowest BCUT2D eigenvalue weighted by molar-refractivity contribution is -0.147. The van der Waals surface area contributed by atoms with Crippen molar-refractivity contribution in [1.29, 1.82) is 0 Å². The number of carbonyl (C=O) groups is 1. The Morgan fingerprint density at radius 1 is 1.35 bits per heavy atom. The Morgan fingerprint density at radius 3 is 2.65 bits per heavy atom. The van der Waals surface area contributed by atoms with Gasteiger partial charge in [0.1, 0.15) is 11.8 Å². The number of hydrogen-bond donors (Lipinski definition) is 2. The van der Waals surface area contributed by atoms with Crippen LogP contribution in [0.15, 0.2) is 24.3 Å². The summed E-state index contributed by atoms with van der Waals surface area (Å²) in [5.41, 5.74) is 6.74. The first-order chi connectivity index (χ1) is 9.65. The largest absolute Gasteiger partial charge is 0.508 e. The number of benzene rings is 1. The summed E-state index contributed by atoms with van der Waals surface area (Å²) in [5, 5.41) is 9.20. The normalized spacial score (nSPS) is 17.6. The van der Waals surface area contributed by atoms with Gasteiger partial charge in [0.05, 0.1) is 6.61 Å².